The maximum absolute atomic E-state index is 11.4. The molecule has 0 saturated heterocycles. The summed E-state index contributed by atoms with van der Waals surface area (Å²) in [5, 5.41) is 0. The zero-order chi connectivity index (χ0) is 5.70. The average Bonchev–Trinajstić information content (AvgIpc) is 1.61. The molecule has 0 aliphatic heterocycles. The van der Waals surface area contributed by atoms with E-state index in [9.17, 15) is 8.78 Å². The molecule has 0 radical (unpaired) electrons. The van der Waals surface area contributed by atoms with Crippen LogP contribution in [0, 0.1) is 0 Å². The van der Waals surface area contributed by atoms with Crippen LogP contribution in [0.15, 0.2) is 17.5 Å². The van der Waals surface area contributed by atoms with Crippen molar-refractivity contribution in [2.75, 3.05) is 0 Å². The predicted molar refractivity (Wildman–Crippen MR) is 24.5 cm³/mol. The van der Waals surface area contributed by atoms with Crippen molar-refractivity contribution in [1.82, 2.24) is 0 Å². The molecule has 7 heavy (non-hydrogen) atoms. The van der Waals surface area contributed by atoms with Gasteiger partial charge in [-0.1, -0.05) is 0 Å². The molecule has 40 valence electrons. The van der Waals surface area contributed by atoms with Crippen molar-refractivity contribution in [3.63, 3.8) is 0 Å². The van der Waals surface area contributed by atoms with Gasteiger partial charge in [0.2, 0.25) is 0 Å². The number of hydrogen-bond acceptors (Lipinski definition) is 1. The van der Waals surface area contributed by atoms with Gasteiger partial charge >= 0.3 is 0 Å². The van der Waals surface area contributed by atoms with Gasteiger partial charge in [-0.15, -0.1) is 0 Å². The zero-order valence-electron chi connectivity index (χ0n) is 3.86. The maximum atomic E-state index is 11.4. The van der Waals surface area contributed by atoms with Gasteiger partial charge in [-0.2, -0.15) is 4.39 Å². The highest BCUT2D eigenvalue weighted by Gasteiger charge is 1.73. The van der Waals surface area contributed by atoms with Crippen molar-refractivity contribution in [3.8, 4) is 0 Å². The lowest BCUT2D eigenvalue weighted by Gasteiger charge is -1.72. The minimum atomic E-state index is -0.645. The molecule has 0 amide bonds. The smallest absolute Gasteiger partial charge is 0.185 e. The summed E-state index contributed by atoms with van der Waals surface area (Å²) >= 11 is 0. The van der Waals surface area contributed by atoms with E-state index in [0.29, 0.717) is 0 Å². The van der Waals surface area contributed by atoms with Crippen molar-refractivity contribution in [2.24, 2.45) is 4.99 Å². The molecular weight excluding hydrogens is 100 g/mol. The SMILES string of the molecule is C/C(F)=N\C=C/F. The Kier molecular flexibility index (Phi) is 3.10. The molecule has 0 aromatic heterocycles. The summed E-state index contributed by atoms with van der Waals surface area (Å²) in [6, 6.07) is 0. The molecule has 0 bridgehead atoms. The number of hydrogen-bond donors (Lipinski definition) is 0. The van der Waals surface area contributed by atoms with Crippen molar-refractivity contribution in [2.45, 2.75) is 6.92 Å². The second-order valence-electron chi connectivity index (χ2n) is 0.901. The van der Waals surface area contributed by atoms with E-state index in [0.717, 1.165) is 13.1 Å². The van der Waals surface area contributed by atoms with Crippen LogP contribution < -0.4 is 0 Å². The molecule has 3 heteroatoms. The largest absolute Gasteiger partial charge is 0.230 e. The highest BCUT2D eigenvalue weighted by molar-refractivity contribution is 5.72. The van der Waals surface area contributed by atoms with Gasteiger partial charge in [0.1, 0.15) is 6.33 Å². The molecule has 0 N–H and O–H groups in total. The number of aliphatic imine (C=N–C) groups is 1. The third-order valence-corrected chi connectivity index (χ3v) is 0.309. The third-order valence-electron chi connectivity index (χ3n) is 0.309. The first kappa shape index (κ1) is 6.27. The second-order valence-corrected chi connectivity index (χ2v) is 0.901. The molecule has 0 atom stereocenters. The molecule has 0 aliphatic carbocycles. The summed E-state index contributed by atoms with van der Waals surface area (Å²) in [6.45, 7) is 1.14. The zero-order valence-corrected chi connectivity index (χ0v) is 3.86. The van der Waals surface area contributed by atoms with Crippen molar-refractivity contribution >= 4 is 5.97 Å². The normalized spacial score (nSPS) is 13.3. The van der Waals surface area contributed by atoms with Gasteiger partial charge < -0.3 is 0 Å². The van der Waals surface area contributed by atoms with Crippen LogP contribution >= 0.6 is 0 Å². The highest BCUT2D eigenvalue weighted by Crippen LogP contribution is 1.79. The molecule has 0 spiro atoms. The lowest BCUT2D eigenvalue weighted by Crippen LogP contribution is -1.70. The predicted octanol–water partition coefficient (Wildman–Crippen LogP) is 1.82. The van der Waals surface area contributed by atoms with Crippen LogP contribution in [0.2, 0.25) is 0 Å². The number of rotatable bonds is 1. The van der Waals surface area contributed by atoms with Crippen LogP contribution in [0.1, 0.15) is 6.92 Å². The van der Waals surface area contributed by atoms with E-state index in [4.69, 9.17) is 0 Å². The number of halogens is 2. The van der Waals surface area contributed by atoms with E-state index in [1.807, 2.05) is 0 Å². The van der Waals surface area contributed by atoms with Crippen LogP contribution in [0.3, 0.4) is 0 Å². The maximum Gasteiger partial charge on any atom is 0.185 e. The Morgan fingerprint density at radius 1 is 1.71 bits per heavy atom. The topological polar surface area (TPSA) is 12.4 Å². The molecule has 0 fully saturated rings. The molecule has 0 unspecified atom stereocenters. The second kappa shape index (κ2) is 3.46. The number of nitrogens with zero attached hydrogens (tertiary/aromatic N) is 1. The fourth-order valence-corrected chi connectivity index (χ4v) is 0.131. The molecule has 1 nitrogen and oxygen atoms in total. The first-order valence-corrected chi connectivity index (χ1v) is 1.72. The van der Waals surface area contributed by atoms with E-state index in [1.54, 1.807) is 0 Å². The minimum absolute atomic E-state index is 0.170. The first-order chi connectivity index (χ1) is 3.27. The summed E-state index contributed by atoms with van der Waals surface area (Å²) in [5.74, 6) is -0.645. The van der Waals surface area contributed by atoms with Crippen LogP contribution in [0.5, 0.6) is 0 Å². The highest BCUT2D eigenvalue weighted by atomic mass is 19.1. The molecule has 0 aliphatic rings. The Balaban J connectivity index is 3.46. The molecule has 0 rings (SSSR count). The van der Waals surface area contributed by atoms with Gasteiger partial charge in [-0.3, -0.25) is 0 Å². The van der Waals surface area contributed by atoms with E-state index in [-0.39, 0.29) is 6.33 Å². The molecular formula is C4H5F2N. The van der Waals surface area contributed by atoms with E-state index >= 15 is 0 Å². The standard InChI is InChI=1S/C4H5F2N/c1-4(6)7-3-2-5/h2-3H,1H3/b3-2-,7-4+. The molecule has 0 saturated carbocycles. The lowest BCUT2D eigenvalue weighted by atomic mass is 10.8. The molecule has 0 aromatic carbocycles. The monoisotopic (exact) mass is 105 g/mol. The van der Waals surface area contributed by atoms with Crippen LogP contribution in [0.4, 0.5) is 8.78 Å². The van der Waals surface area contributed by atoms with Crippen molar-refractivity contribution in [3.05, 3.63) is 12.5 Å². The average molecular weight is 105 g/mol. The van der Waals surface area contributed by atoms with Crippen molar-refractivity contribution in [1.29, 1.82) is 0 Å². The van der Waals surface area contributed by atoms with Crippen LogP contribution in [0.25, 0.3) is 0 Å². The Bertz CT molecular complexity index is 91.9. The first-order valence-electron chi connectivity index (χ1n) is 1.72. The Labute approximate surface area is 40.4 Å². The third kappa shape index (κ3) is 5.27. The lowest BCUT2D eigenvalue weighted by molar-refractivity contribution is 0.716. The van der Waals surface area contributed by atoms with Crippen LogP contribution in [-0.2, 0) is 0 Å². The fourth-order valence-electron chi connectivity index (χ4n) is 0.131. The summed E-state index contributed by atoms with van der Waals surface area (Å²) < 4.78 is 22.3. The molecule has 0 heterocycles. The Hall–Kier alpha value is -0.730. The van der Waals surface area contributed by atoms with Gasteiger partial charge in [0.15, 0.2) is 5.97 Å². The Morgan fingerprint density at radius 2 is 2.29 bits per heavy atom. The van der Waals surface area contributed by atoms with Gasteiger partial charge in [-0.05, 0) is 0 Å². The summed E-state index contributed by atoms with van der Waals surface area (Å²) in [5.41, 5.74) is 0. The Morgan fingerprint density at radius 3 is 2.43 bits per heavy atom. The molecule has 0 aromatic rings. The van der Waals surface area contributed by atoms with Gasteiger partial charge in [0.25, 0.3) is 0 Å². The summed E-state index contributed by atoms with van der Waals surface area (Å²) in [6.07, 6.45) is 0.915. The quantitative estimate of drug-likeness (QED) is 0.451. The van der Waals surface area contributed by atoms with Gasteiger partial charge in [0.05, 0.1) is 6.20 Å². The van der Waals surface area contributed by atoms with Gasteiger partial charge in [0, 0.05) is 6.92 Å². The van der Waals surface area contributed by atoms with E-state index in [2.05, 4.69) is 4.99 Å². The van der Waals surface area contributed by atoms with E-state index < -0.39 is 5.97 Å². The van der Waals surface area contributed by atoms with E-state index in [1.165, 1.54) is 0 Å². The fraction of sp³-hybridized carbons (Fsp3) is 0.250. The van der Waals surface area contributed by atoms with Crippen LogP contribution in [-0.4, -0.2) is 5.97 Å². The summed E-state index contributed by atoms with van der Waals surface area (Å²) in [4.78, 5) is 2.94. The minimum Gasteiger partial charge on any atom is -0.230 e. The summed E-state index contributed by atoms with van der Waals surface area (Å²) in [7, 11) is 0. The van der Waals surface area contributed by atoms with Gasteiger partial charge in [-0.25, -0.2) is 9.38 Å². The van der Waals surface area contributed by atoms with Crippen molar-refractivity contribution < 1.29 is 8.78 Å².